The quantitative estimate of drug-likeness (QED) is 0.223. The molecule has 2 aromatic heterocycles. The van der Waals surface area contributed by atoms with Crippen LogP contribution in [0.2, 0.25) is 0 Å². The SMILES string of the molecule is CSc1cccc(CNO)c1.Cc1cc(Nc2cnc(N)cc2C=N)ccn1.O.O.[HH].[HH]. The van der Waals surface area contributed by atoms with Crippen molar-refractivity contribution < 1.29 is 19.0 Å². The Balaban J connectivity index is -0.000000500. The van der Waals surface area contributed by atoms with E-state index >= 15 is 0 Å². The number of hydrogen-bond donors (Lipinski definition) is 5. The van der Waals surface area contributed by atoms with Gasteiger partial charge in [-0.1, -0.05) is 12.1 Å². The maximum atomic E-state index is 8.43. The lowest BCUT2D eigenvalue weighted by molar-refractivity contribution is 0.161. The Kier molecular flexibility index (Phi) is 12.6. The molecule has 2 heterocycles. The third-order valence-electron chi connectivity index (χ3n) is 3.71. The summed E-state index contributed by atoms with van der Waals surface area (Å²) >= 11 is 1.70. The fourth-order valence-electron chi connectivity index (χ4n) is 2.36. The standard InChI is InChI=1S/C12H13N5.C8H11NOS.2H2O.2H2/c1-8-4-10(2-3-15-8)17-11-7-16-12(14)5-9(11)6-13;1-11-8-4-2-3-7(5-8)6-9-10;;;;/h2-7,13H,1H3,(H2,14,16)(H,15,17);2-5,9-10H,6H2,1H3;2*1H2;2*1H. The van der Waals surface area contributed by atoms with Gasteiger partial charge in [0, 0.05) is 43.6 Å². The van der Waals surface area contributed by atoms with Crippen molar-refractivity contribution in [3.8, 4) is 0 Å². The number of aromatic nitrogens is 2. The lowest BCUT2D eigenvalue weighted by Gasteiger charge is -2.09. The summed E-state index contributed by atoms with van der Waals surface area (Å²) in [5.41, 5.74) is 12.1. The minimum Gasteiger partial charge on any atom is -0.412 e. The van der Waals surface area contributed by atoms with Crippen molar-refractivity contribution in [2.75, 3.05) is 17.3 Å². The summed E-state index contributed by atoms with van der Waals surface area (Å²) in [7, 11) is 0. The van der Waals surface area contributed by atoms with Crippen LogP contribution in [0.3, 0.4) is 0 Å². The summed E-state index contributed by atoms with van der Waals surface area (Å²) in [6, 6.07) is 13.5. The number of nitrogens with zero attached hydrogens (tertiary/aromatic N) is 2. The number of benzene rings is 1. The van der Waals surface area contributed by atoms with Gasteiger partial charge in [0.2, 0.25) is 0 Å². The van der Waals surface area contributed by atoms with Gasteiger partial charge in [-0.05, 0) is 49.1 Å². The molecule has 0 spiro atoms. The van der Waals surface area contributed by atoms with E-state index < -0.39 is 0 Å². The summed E-state index contributed by atoms with van der Waals surface area (Å²) in [5.74, 6) is 0.403. The lowest BCUT2D eigenvalue weighted by atomic mass is 10.2. The van der Waals surface area contributed by atoms with E-state index in [0.29, 0.717) is 17.9 Å². The zero-order valence-corrected chi connectivity index (χ0v) is 17.6. The van der Waals surface area contributed by atoms with Crippen molar-refractivity contribution in [1.29, 1.82) is 5.41 Å². The fourth-order valence-corrected chi connectivity index (χ4v) is 2.85. The van der Waals surface area contributed by atoms with Crippen molar-refractivity contribution >= 4 is 35.2 Å². The Morgan fingerprint density at radius 1 is 1.20 bits per heavy atom. The van der Waals surface area contributed by atoms with E-state index in [-0.39, 0.29) is 13.8 Å². The molecule has 0 aliphatic carbocycles. The summed E-state index contributed by atoms with van der Waals surface area (Å²) in [6.07, 6.45) is 6.62. The number of thioether (sulfide) groups is 1. The maximum Gasteiger partial charge on any atom is 0.124 e. The fraction of sp³-hybridized carbons (Fsp3) is 0.150. The minimum atomic E-state index is 0. The van der Waals surface area contributed by atoms with Crippen LogP contribution in [0.4, 0.5) is 17.2 Å². The molecule has 10 heteroatoms. The van der Waals surface area contributed by atoms with E-state index in [9.17, 15) is 0 Å². The molecule has 0 saturated heterocycles. The molecule has 0 fully saturated rings. The van der Waals surface area contributed by atoms with Gasteiger partial charge in [-0.2, -0.15) is 0 Å². The van der Waals surface area contributed by atoms with E-state index in [4.69, 9.17) is 16.4 Å². The summed E-state index contributed by atoms with van der Waals surface area (Å²) in [6.45, 7) is 2.43. The Morgan fingerprint density at radius 2 is 1.97 bits per heavy atom. The monoisotopic (exact) mass is 436 g/mol. The number of rotatable bonds is 6. The molecule has 0 saturated carbocycles. The highest BCUT2D eigenvalue weighted by Gasteiger charge is 2.02. The predicted molar refractivity (Wildman–Crippen MR) is 127 cm³/mol. The third-order valence-corrected chi connectivity index (χ3v) is 4.43. The van der Waals surface area contributed by atoms with Crippen LogP contribution in [-0.2, 0) is 6.54 Å². The number of anilines is 3. The lowest BCUT2D eigenvalue weighted by Crippen LogP contribution is -2.05. The van der Waals surface area contributed by atoms with Gasteiger partial charge in [-0.15, -0.1) is 11.8 Å². The molecule has 0 radical (unpaired) electrons. The molecule has 0 aliphatic rings. The zero-order chi connectivity index (χ0) is 20.4. The van der Waals surface area contributed by atoms with Crippen LogP contribution in [0.15, 0.2) is 59.8 Å². The maximum absolute atomic E-state index is 8.43. The average molecular weight is 437 g/mol. The van der Waals surface area contributed by atoms with Crippen molar-refractivity contribution in [2.24, 2.45) is 0 Å². The first-order chi connectivity index (χ1) is 13.5. The number of aryl methyl sites for hydroxylation is 1. The second kappa shape index (κ2) is 14.0. The number of nitrogens with one attached hydrogen (secondary N) is 3. The normalized spacial score (nSPS) is 9.30. The predicted octanol–water partition coefficient (Wildman–Crippen LogP) is 2.84. The molecule has 10 N–H and O–H groups in total. The number of hydroxylamine groups is 1. The first-order valence-electron chi connectivity index (χ1n) is 8.51. The number of nitrogen functional groups attached to an aromatic ring is 1. The highest BCUT2D eigenvalue weighted by Crippen LogP contribution is 2.20. The molecule has 0 amide bonds. The van der Waals surface area contributed by atoms with Crippen LogP contribution in [0.25, 0.3) is 0 Å². The van der Waals surface area contributed by atoms with Crippen LogP contribution in [0, 0.1) is 12.3 Å². The van der Waals surface area contributed by atoms with Crippen LogP contribution >= 0.6 is 11.8 Å². The first kappa shape index (κ1) is 27.0. The van der Waals surface area contributed by atoms with Crippen molar-refractivity contribution in [3.63, 3.8) is 0 Å². The average Bonchev–Trinajstić information content (AvgIpc) is 2.70. The van der Waals surface area contributed by atoms with Gasteiger partial charge in [0.1, 0.15) is 5.82 Å². The van der Waals surface area contributed by atoms with Gasteiger partial charge in [0.05, 0.1) is 11.9 Å². The van der Waals surface area contributed by atoms with E-state index in [1.165, 1.54) is 11.1 Å². The van der Waals surface area contributed by atoms with E-state index in [1.54, 1.807) is 30.2 Å². The molecule has 30 heavy (non-hydrogen) atoms. The molecule has 0 unspecified atom stereocenters. The summed E-state index contributed by atoms with van der Waals surface area (Å²) < 4.78 is 0. The highest BCUT2D eigenvalue weighted by molar-refractivity contribution is 7.98. The smallest absolute Gasteiger partial charge is 0.124 e. The van der Waals surface area contributed by atoms with Gasteiger partial charge < -0.3 is 32.6 Å². The number of pyridine rings is 2. The molecular formula is C20H32N6O3S. The minimum absolute atomic E-state index is 0. The van der Waals surface area contributed by atoms with Gasteiger partial charge in [-0.25, -0.2) is 10.5 Å². The van der Waals surface area contributed by atoms with Crippen molar-refractivity contribution in [2.45, 2.75) is 18.4 Å². The Morgan fingerprint density at radius 3 is 2.60 bits per heavy atom. The molecule has 0 aliphatic heterocycles. The number of hydrogen-bond acceptors (Lipinski definition) is 8. The number of nitrogens with two attached hydrogens (primary N) is 1. The van der Waals surface area contributed by atoms with Crippen LogP contribution in [0.1, 0.15) is 19.7 Å². The Bertz CT molecular complexity index is 937. The van der Waals surface area contributed by atoms with Gasteiger partial charge in [-0.3, -0.25) is 4.98 Å². The van der Waals surface area contributed by atoms with Crippen LogP contribution < -0.4 is 16.5 Å². The second-order valence-electron chi connectivity index (χ2n) is 5.84. The first-order valence-corrected chi connectivity index (χ1v) is 9.73. The molecule has 0 bridgehead atoms. The largest absolute Gasteiger partial charge is 0.412 e. The van der Waals surface area contributed by atoms with Gasteiger partial charge in [0.25, 0.3) is 0 Å². The van der Waals surface area contributed by atoms with E-state index in [0.717, 1.165) is 22.6 Å². The van der Waals surface area contributed by atoms with Crippen LogP contribution in [0.5, 0.6) is 0 Å². The van der Waals surface area contributed by atoms with Crippen molar-refractivity contribution in [3.05, 3.63) is 71.7 Å². The zero-order valence-electron chi connectivity index (χ0n) is 16.8. The Labute approximate surface area is 182 Å². The van der Waals surface area contributed by atoms with Crippen LogP contribution in [-0.4, -0.2) is 38.6 Å². The van der Waals surface area contributed by atoms with Crippen molar-refractivity contribution in [1.82, 2.24) is 15.4 Å². The molecule has 3 aromatic rings. The topological polar surface area (TPSA) is 183 Å². The molecule has 166 valence electrons. The van der Waals surface area contributed by atoms with Gasteiger partial charge >= 0.3 is 0 Å². The van der Waals surface area contributed by atoms with E-state index in [2.05, 4.69) is 20.8 Å². The molecule has 0 atom stereocenters. The molecule has 1 aromatic carbocycles. The molecule has 9 nitrogen and oxygen atoms in total. The summed E-state index contributed by atoms with van der Waals surface area (Å²) in [5, 5.41) is 18.9. The van der Waals surface area contributed by atoms with Gasteiger partial charge in [0.15, 0.2) is 0 Å². The Hall–Kier alpha value is -3.02. The van der Waals surface area contributed by atoms with E-state index in [1.807, 2.05) is 49.6 Å². The summed E-state index contributed by atoms with van der Waals surface area (Å²) in [4.78, 5) is 9.34. The highest BCUT2D eigenvalue weighted by atomic mass is 32.2. The third kappa shape index (κ3) is 8.55. The molecular weight excluding hydrogens is 404 g/mol. The second-order valence-corrected chi connectivity index (χ2v) is 6.72. The molecule has 3 rings (SSSR count).